The lowest BCUT2D eigenvalue weighted by Crippen LogP contribution is -2.51. The van der Waals surface area contributed by atoms with E-state index in [1.807, 2.05) is 67.3 Å². The molecule has 0 aliphatic heterocycles. The van der Waals surface area contributed by atoms with Gasteiger partial charge in [0.1, 0.15) is 11.4 Å². The average Bonchev–Trinajstić information content (AvgIpc) is 3.73. The van der Waals surface area contributed by atoms with Crippen molar-refractivity contribution in [1.82, 2.24) is 0 Å². The molecule has 4 heteroatoms. The van der Waals surface area contributed by atoms with Gasteiger partial charge in [-0.1, -0.05) is 137 Å². The van der Waals surface area contributed by atoms with Crippen molar-refractivity contribution < 1.29 is 9.53 Å². The first-order chi connectivity index (χ1) is 24.5. The van der Waals surface area contributed by atoms with Gasteiger partial charge in [0.05, 0.1) is 6.10 Å². The number of carbonyl (C=O) groups excluding carboxylic acids is 1. The minimum atomic E-state index is -2.74. The zero-order valence-corrected chi connectivity index (χ0v) is 32.6. The van der Waals surface area contributed by atoms with E-state index < -0.39 is 6.89 Å². The van der Waals surface area contributed by atoms with Gasteiger partial charge < -0.3 is 4.74 Å². The molecule has 0 bridgehead atoms. The maximum Gasteiger partial charge on any atom is 0.174 e. The maximum atomic E-state index is 15.0. The second-order valence-corrected chi connectivity index (χ2v) is 21.3. The predicted octanol–water partition coefficient (Wildman–Crippen LogP) is 9.79. The van der Waals surface area contributed by atoms with Gasteiger partial charge in [0.15, 0.2) is 5.78 Å². The zero-order valence-electron chi connectivity index (χ0n) is 31.7. The summed E-state index contributed by atoms with van der Waals surface area (Å²) in [4.78, 5) is 15.0. The molecular formula is C47H56NO2P. The first kappa shape index (κ1) is 34.9. The molecule has 7 atom stereocenters. The van der Waals surface area contributed by atoms with Gasteiger partial charge in [-0.15, -0.1) is 0 Å². The molecule has 5 aliphatic rings. The summed E-state index contributed by atoms with van der Waals surface area (Å²) in [5.74, 6) is 0.909. The monoisotopic (exact) mass is 697 g/mol. The number of fused-ring (bicyclic) bond motifs is 1. The van der Waals surface area contributed by atoms with Gasteiger partial charge in [0.25, 0.3) is 0 Å². The molecule has 0 amide bonds. The van der Waals surface area contributed by atoms with Crippen LogP contribution in [-0.2, 0) is 9.53 Å². The van der Waals surface area contributed by atoms with Crippen molar-refractivity contribution in [1.29, 1.82) is 5.26 Å². The number of carbonyl (C=O) groups is 1. The number of rotatable bonds is 8. The minimum absolute atomic E-state index is 0.00754. The van der Waals surface area contributed by atoms with Crippen LogP contribution < -0.4 is 15.9 Å². The fraction of sp³-hybridized carbons (Fsp3) is 0.511. The highest BCUT2D eigenvalue weighted by atomic mass is 31.2. The van der Waals surface area contributed by atoms with Crippen molar-refractivity contribution in [3.8, 4) is 6.07 Å². The normalized spacial score (nSPS) is 33.9. The molecule has 51 heavy (non-hydrogen) atoms. The van der Waals surface area contributed by atoms with E-state index in [4.69, 9.17) is 4.74 Å². The molecule has 0 saturated heterocycles. The molecule has 0 heterocycles. The number of nitriles is 1. The summed E-state index contributed by atoms with van der Waals surface area (Å²) in [6.45, 7) is 9.63. The van der Waals surface area contributed by atoms with E-state index in [2.05, 4.69) is 77.1 Å². The first-order valence-electron chi connectivity index (χ1n) is 19.6. The molecule has 4 saturated carbocycles. The molecule has 3 aromatic rings. The fourth-order valence-electron chi connectivity index (χ4n) is 13.3. The quantitative estimate of drug-likeness (QED) is 0.174. The van der Waals surface area contributed by atoms with Crippen LogP contribution in [0.2, 0.25) is 0 Å². The Balaban J connectivity index is 1.18. The molecule has 0 radical (unpaired) electrons. The van der Waals surface area contributed by atoms with Gasteiger partial charge in [-0.3, -0.25) is 4.79 Å². The Labute approximate surface area is 306 Å². The van der Waals surface area contributed by atoms with Crippen LogP contribution in [0, 0.1) is 50.2 Å². The number of ether oxygens (including phenoxy) is 1. The Morgan fingerprint density at radius 1 is 0.804 bits per heavy atom. The van der Waals surface area contributed by atoms with E-state index in [1.54, 1.807) is 5.57 Å². The molecule has 3 nitrogen and oxygen atoms in total. The highest BCUT2D eigenvalue weighted by molar-refractivity contribution is 7.96. The third kappa shape index (κ3) is 4.61. The predicted molar refractivity (Wildman–Crippen MR) is 212 cm³/mol. The van der Waals surface area contributed by atoms with Crippen LogP contribution in [0.5, 0.6) is 0 Å². The Hall–Kier alpha value is -3.18. The lowest BCUT2D eigenvalue weighted by molar-refractivity contribution is -0.115. The average molecular weight is 698 g/mol. The molecule has 0 N–H and O–H groups in total. The summed E-state index contributed by atoms with van der Waals surface area (Å²) >= 11 is 0. The van der Waals surface area contributed by atoms with Crippen LogP contribution in [0.4, 0.5) is 0 Å². The van der Waals surface area contributed by atoms with Crippen molar-refractivity contribution in [2.45, 2.75) is 105 Å². The molecule has 2 spiro atoms. The van der Waals surface area contributed by atoms with Crippen molar-refractivity contribution in [2.24, 2.45) is 38.9 Å². The van der Waals surface area contributed by atoms with E-state index in [-0.39, 0.29) is 27.9 Å². The zero-order chi connectivity index (χ0) is 35.9. The first-order valence-corrected chi connectivity index (χ1v) is 21.4. The van der Waals surface area contributed by atoms with E-state index >= 15 is 4.79 Å². The smallest absolute Gasteiger partial charge is 0.174 e. The highest BCUT2D eigenvalue weighted by Gasteiger charge is 2.78. The van der Waals surface area contributed by atoms with Crippen LogP contribution in [0.1, 0.15) is 98.8 Å². The number of methoxy groups -OCH3 is 1. The van der Waals surface area contributed by atoms with Crippen LogP contribution in [0.3, 0.4) is 0 Å². The van der Waals surface area contributed by atoms with E-state index in [0.717, 1.165) is 34.7 Å². The maximum absolute atomic E-state index is 15.0. The van der Waals surface area contributed by atoms with E-state index in [0.29, 0.717) is 28.6 Å². The van der Waals surface area contributed by atoms with Crippen molar-refractivity contribution in [3.63, 3.8) is 0 Å². The number of allylic oxidation sites excluding steroid dienone is 2. The Kier molecular flexibility index (Phi) is 8.33. The molecule has 0 unspecified atom stereocenters. The van der Waals surface area contributed by atoms with Gasteiger partial charge >= 0.3 is 0 Å². The van der Waals surface area contributed by atoms with Gasteiger partial charge in [0, 0.05) is 13.5 Å². The van der Waals surface area contributed by atoms with Gasteiger partial charge in [-0.25, -0.2) is 0 Å². The second-order valence-electron chi connectivity index (χ2n) is 18.0. The fourth-order valence-corrected chi connectivity index (χ4v) is 17.4. The highest BCUT2D eigenvalue weighted by Crippen LogP contribution is 2.86. The number of hydrogen-bond acceptors (Lipinski definition) is 3. The standard InChI is InChI=1S/C47H56NO2P/c1-33(30-39(49)40(31-48)51(34-16-10-7-11-17-34,35-18-12-8-13-19-35)36-20-14-9-15-21-36)44(4)26-24-37-38-22-23-41-43(2,3)42(50-6)25-27-47(41)32-46(38,47)29-28-45(37,44)5/h7-21,33,41-42H,22-30,32H2,1-6H3/t33-,41+,42-,44+,45+,46+,47-/m1/s1. The van der Waals surface area contributed by atoms with Gasteiger partial charge in [-0.05, 0) is 119 Å². The molecule has 266 valence electrons. The largest absolute Gasteiger partial charge is 0.381 e. The molecule has 0 aromatic heterocycles. The molecule has 8 rings (SSSR count). The topological polar surface area (TPSA) is 50.1 Å². The lowest BCUT2D eigenvalue weighted by Gasteiger charge is -2.57. The summed E-state index contributed by atoms with van der Waals surface area (Å²) in [5.41, 5.74) is 4.77. The summed E-state index contributed by atoms with van der Waals surface area (Å²) in [6, 6.07) is 33.7. The van der Waals surface area contributed by atoms with Crippen molar-refractivity contribution in [3.05, 3.63) is 102 Å². The lowest BCUT2D eigenvalue weighted by atomic mass is 9.48. The number of hydrogen-bond donors (Lipinski definition) is 0. The molecular weight excluding hydrogens is 641 g/mol. The van der Waals surface area contributed by atoms with Crippen LogP contribution in [0.25, 0.3) is 0 Å². The number of benzene rings is 3. The number of nitrogens with zero attached hydrogens (tertiary/aromatic N) is 1. The summed E-state index contributed by atoms with van der Waals surface area (Å²) in [7, 11) is 1.92. The molecule has 3 aromatic carbocycles. The van der Waals surface area contributed by atoms with E-state index in [1.165, 1.54) is 44.9 Å². The second kappa shape index (κ2) is 12.2. The Morgan fingerprint density at radius 3 is 1.90 bits per heavy atom. The summed E-state index contributed by atoms with van der Waals surface area (Å²) in [6.07, 6.45) is 12.0. The van der Waals surface area contributed by atoms with Crippen molar-refractivity contribution in [2.75, 3.05) is 7.11 Å². The van der Waals surface area contributed by atoms with Crippen LogP contribution >= 0.6 is 6.89 Å². The molecule has 5 aliphatic carbocycles. The Bertz CT molecular complexity index is 1870. The summed E-state index contributed by atoms with van der Waals surface area (Å²) in [5, 5.41) is 14.7. The van der Waals surface area contributed by atoms with E-state index in [9.17, 15) is 5.26 Å². The third-order valence-corrected chi connectivity index (χ3v) is 20.4. The third-order valence-electron chi connectivity index (χ3n) is 16.2. The van der Waals surface area contributed by atoms with Gasteiger partial charge in [0.2, 0.25) is 0 Å². The van der Waals surface area contributed by atoms with Crippen LogP contribution in [-0.4, -0.2) is 24.3 Å². The SMILES string of the molecule is CO[C@@H]1CC[C@]23C[C@]24CC[C@@]2(C)C(=C4CC[C@H]3C1(C)C)CC[C@@]2(C)[C@H](C)CC(=O)C(C#N)=P(c1ccccc1)(c1ccccc1)c1ccccc1. The van der Waals surface area contributed by atoms with Crippen LogP contribution in [0.15, 0.2) is 102 Å². The van der Waals surface area contributed by atoms with Gasteiger partial charge in [-0.2, -0.15) is 5.26 Å². The number of ketones is 1. The Morgan fingerprint density at radius 2 is 1.37 bits per heavy atom. The minimum Gasteiger partial charge on any atom is -0.381 e. The number of Topliss-reactive ketones (excluding diaryl/α,β-unsaturated/α-hetero) is 1. The molecule has 4 fully saturated rings. The summed E-state index contributed by atoms with van der Waals surface area (Å²) < 4.78 is 6.08. The van der Waals surface area contributed by atoms with Crippen molar-refractivity contribution >= 4 is 33.9 Å².